The summed E-state index contributed by atoms with van der Waals surface area (Å²) in [5.41, 5.74) is 0. The molecule has 0 heterocycles. The zero-order valence-corrected chi connectivity index (χ0v) is 38.0. The molecule has 0 bridgehead atoms. The molecule has 0 unspecified atom stereocenters. The topological polar surface area (TPSA) is 83.8 Å². The number of hydrogen-bond donors (Lipinski definition) is 2. The van der Waals surface area contributed by atoms with Gasteiger partial charge in [0.1, 0.15) is 0 Å². The van der Waals surface area contributed by atoms with Gasteiger partial charge in [0.25, 0.3) is 0 Å². The van der Waals surface area contributed by atoms with E-state index in [1.54, 1.807) is 0 Å². The maximum Gasteiger partial charge on any atom is 1.00 e. The first kappa shape index (κ1) is 56.2. The molecule has 2 N–H and O–H groups in total. The van der Waals surface area contributed by atoms with Gasteiger partial charge in [0.05, 0.1) is 0 Å². The molecule has 0 atom stereocenters. The molecular weight excluding hydrogens is 664 g/mol. The third kappa shape index (κ3) is 66.1. The molecule has 0 saturated carbocycles. The molecular formula is C44H93NaO5S. The van der Waals surface area contributed by atoms with E-state index in [4.69, 9.17) is 22.3 Å². The molecule has 7 heteroatoms. The van der Waals surface area contributed by atoms with Gasteiger partial charge in [-0.05, 0) is 12.8 Å². The van der Waals surface area contributed by atoms with E-state index in [9.17, 15) is 0 Å². The first-order valence-electron chi connectivity index (χ1n) is 22.7. The molecule has 0 spiro atoms. The fourth-order valence-electron chi connectivity index (χ4n) is 7.02. The average molecular weight is 757 g/mol. The Morgan fingerprint density at radius 1 is 0.314 bits per heavy atom. The van der Waals surface area contributed by atoms with Crippen LogP contribution in [0.1, 0.15) is 272 Å². The normalized spacial score (nSPS) is 11.4. The summed E-state index contributed by atoms with van der Waals surface area (Å²) in [5.74, 6) is 0. The van der Waals surface area contributed by atoms with E-state index in [0.29, 0.717) is 0 Å². The Morgan fingerprint density at radius 3 is 0.569 bits per heavy atom. The minimum absolute atomic E-state index is 0. The van der Waals surface area contributed by atoms with E-state index in [-0.39, 0.29) is 31.0 Å². The monoisotopic (exact) mass is 757 g/mol. The van der Waals surface area contributed by atoms with Crippen LogP contribution in [0, 0.1) is 0 Å². The summed E-state index contributed by atoms with van der Waals surface area (Å²) < 4.78 is 37.5. The third-order valence-corrected chi connectivity index (χ3v) is 10.3. The van der Waals surface area contributed by atoms with Crippen LogP contribution in [0.5, 0.6) is 0 Å². The van der Waals surface area contributed by atoms with Gasteiger partial charge in [0, 0.05) is 13.2 Å². The van der Waals surface area contributed by atoms with Crippen LogP contribution >= 0.6 is 0 Å². The molecule has 0 rings (SSSR count). The van der Waals surface area contributed by atoms with Crippen molar-refractivity contribution >= 4 is 10.4 Å². The fourth-order valence-corrected chi connectivity index (χ4v) is 7.02. The third-order valence-electron chi connectivity index (χ3n) is 10.3. The van der Waals surface area contributed by atoms with E-state index < -0.39 is 10.4 Å². The molecule has 0 aliphatic heterocycles. The van der Waals surface area contributed by atoms with Gasteiger partial charge in [-0.2, -0.15) is 8.42 Å². The van der Waals surface area contributed by atoms with Crippen molar-refractivity contribution in [2.24, 2.45) is 0 Å². The average Bonchev–Trinajstić information content (AvgIpc) is 3.08. The Bertz CT molecular complexity index is 648. The quantitative estimate of drug-likeness (QED) is 0.0368. The Labute approximate surface area is 345 Å². The van der Waals surface area contributed by atoms with E-state index in [2.05, 4.69) is 13.8 Å². The van der Waals surface area contributed by atoms with Crippen molar-refractivity contribution in [3.05, 3.63) is 0 Å². The molecule has 0 radical (unpaired) electrons. The summed E-state index contributed by atoms with van der Waals surface area (Å²) in [5, 5.41) is 0. The number of unbranched alkanes of at least 4 members (excludes halogenated alkanes) is 38. The van der Waals surface area contributed by atoms with Crippen LogP contribution in [-0.4, -0.2) is 30.7 Å². The minimum atomic E-state index is -4.67. The Hall–Kier alpha value is 0.830. The van der Waals surface area contributed by atoms with Crippen molar-refractivity contribution in [2.45, 2.75) is 271 Å². The van der Waals surface area contributed by atoms with Gasteiger partial charge >= 0.3 is 40.0 Å². The van der Waals surface area contributed by atoms with E-state index in [1.165, 1.54) is 257 Å². The second-order valence-corrected chi connectivity index (χ2v) is 16.4. The van der Waals surface area contributed by atoms with Crippen molar-refractivity contribution in [3.8, 4) is 0 Å². The molecule has 0 aromatic rings. The van der Waals surface area contributed by atoms with Gasteiger partial charge in [0.15, 0.2) is 0 Å². The van der Waals surface area contributed by atoms with Gasteiger partial charge < -0.3 is 6.16 Å². The van der Waals surface area contributed by atoms with Crippen LogP contribution in [0.25, 0.3) is 0 Å². The van der Waals surface area contributed by atoms with Crippen LogP contribution in [0.2, 0.25) is 0 Å². The zero-order valence-electron chi connectivity index (χ0n) is 36.2. The molecule has 0 aliphatic rings. The van der Waals surface area contributed by atoms with E-state index >= 15 is 0 Å². The SMILES string of the molecule is CCCCCCCCCCCCCCCCCCCCCCOCCCCCCCCCCCCCCCCCCCCCC.O=S(=O)(O)O.[H-].[Na+]. The largest absolute Gasteiger partial charge is 1.00 e. The van der Waals surface area contributed by atoms with Gasteiger partial charge in [-0.3, -0.25) is 9.11 Å². The van der Waals surface area contributed by atoms with Gasteiger partial charge in [-0.1, -0.05) is 258 Å². The first-order chi connectivity index (χ1) is 24.4. The van der Waals surface area contributed by atoms with Crippen LogP contribution < -0.4 is 29.6 Å². The fraction of sp³-hybridized carbons (Fsp3) is 1.00. The second-order valence-electron chi connectivity index (χ2n) is 15.5. The molecule has 0 saturated heterocycles. The van der Waals surface area contributed by atoms with Crippen molar-refractivity contribution in [3.63, 3.8) is 0 Å². The van der Waals surface area contributed by atoms with Crippen LogP contribution in [-0.2, 0) is 15.1 Å². The van der Waals surface area contributed by atoms with E-state index in [1.807, 2.05) is 0 Å². The summed E-state index contributed by atoms with van der Waals surface area (Å²) in [4.78, 5) is 0. The maximum atomic E-state index is 8.74. The summed E-state index contributed by atoms with van der Waals surface area (Å²) in [6.07, 6.45) is 58.0. The summed E-state index contributed by atoms with van der Waals surface area (Å²) >= 11 is 0. The molecule has 5 nitrogen and oxygen atoms in total. The van der Waals surface area contributed by atoms with Crippen LogP contribution in [0.4, 0.5) is 0 Å². The summed E-state index contributed by atoms with van der Waals surface area (Å²) in [6, 6.07) is 0. The molecule has 51 heavy (non-hydrogen) atoms. The smallest absolute Gasteiger partial charge is 1.00 e. The molecule has 0 aromatic heterocycles. The first-order valence-corrected chi connectivity index (χ1v) is 24.1. The number of hydrogen-bond acceptors (Lipinski definition) is 3. The van der Waals surface area contributed by atoms with Crippen LogP contribution in [0.3, 0.4) is 0 Å². The van der Waals surface area contributed by atoms with Crippen molar-refractivity contribution in [1.82, 2.24) is 0 Å². The summed E-state index contributed by atoms with van der Waals surface area (Å²) in [6.45, 7) is 6.61. The van der Waals surface area contributed by atoms with E-state index in [0.717, 1.165) is 13.2 Å². The van der Waals surface area contributed by atoms with Gasteiger partial charge in [0.2, 0.25) is 0 Å². The zero-order chi connectivity index (χ0) is 36.9. The van der Waals surface area contributed by atoms with Crippen LogP contribution in [0.15, 0.2) is 0 Å². The Morgan fingerprint density at radius 2 is 0.431 bits per heavy atom. The molecule has 306 valence electrons. The molecule has 0 amide bonds. The minimum Gasteiger partial charge on any atom is -1.00 e. The Kier molecular flexibility index (Phi) is 56.0. The predicted octanol–water partition coefficient (Wildman–Crippen LogP) is 13.1. The predicted molar refractivity (Wildman–Crippen MR) is 222 cm³/mol. The standard InChI is InChI=1S/C44H90O.Na.H2O4S.H/c1-3-5-7-9-11-13-15-17-19-21-23-25-27-29-31-33-35-37-39-41-43-45-44-42-40-38-36-34-32-30-28-26-24-22-20-18-16-14-12-10-8-6-4-2;;1-5(2,3)4;/h3-44H2,1-2H3;;(H2,1,2,3,4);/q;+1;;-1. The number of ether oxygens (including phenoxy) is 1. The molecule has 0 aromatic carbocycles. The molecule has 0 fully saturated rings. The van der Waals surface area contributed by atoms with Gasteiger partial charge in [-0.15, -0.1) is 0 Å². The maximum absolute atomic E-state index is 8.74. The molecule has 0 aliphatic carbocycles. The second kappa shape index (κ2) is 50.8. The summed E-state index contributed by atoms with van der Waals surface area (Å²) in [7, 11) is -4.67. The van der Waals surface area contributed by atoms with Crippen molar-refractivity contribution in [1.29, 1.82) is 0 Å². The Balaban J connectivity index is -0.00000153. The van der Waals surface area contributed by atoms with Crippen molar-refractivity contribution in [2.75, 3.05) is 13.2 Å². The number of rotatable bonds is 42. The van der Waals surface area contributed by atoms with Crippen molar-refractivity contribution < 1.29 is 53.2 Å². The van der Waals surface area contributed by atoms with Gasteiger partial charge in [-0.25, -0.2) is 0 Å².